The number of hydrazine groups is 1. The summed E-state index contributed by atoms with van der Waals surface area (Å²) in [5.41, 5.74) is 0. The molecule has 0 aromatic carbocycles. The van der Waals surface area contributed by atoms with Gasteiger partial charge in [0.15, 0.2) is 0 Å². The molecule has 0 rings (SSSR count). The van der Waals surface area contributed by atoms with Crippen LogP contribution in [0.2, 0.25) is 0 Å². The van der Waals surface area contributed by atoms with Crippen LogP contribution in [0.4, 0.5) is 13.2 Å². The van der Waals surface area contributed by atoms with Gasteiger partial charge in [-0.25, -0.2) is 10.6 Å². The van der Waals surface area contributed by atoms with Gasteiger partial charge in [-0.3, -0.25) is 15.2 Å². The van der Waals surface area contributed by atoms with Crippen LogP contribution < -0.4 is 5.84 Å². The van der Waals surface area contributed by atoms with Crippen molar-refractivity contribution in [3.05, 3.63) is 11.8 Å². The first-order valence-corrected chi connectivity index (χ1v) is 5.27. The minimum atomic E-state index is -4.93. The van der Waals surface area contributed by atoms with Gasteiger partial charge in [-0.15, -0.1) is 0 Å². The van der Waals surface area contributed by atoms with Gasteiger partial charge in [0.05, 0.1) is 20.3 Å². The minimum Gasteiger partial charge on any atom is -0.499 e. The zero-order valence-corrected chi connectivity index (χ0v) is 10.8. The molecule has 0 saturated heterocycles. The molecule has 114 valence electrons. The fourth-order valence-corrected chi connectivity index (χ4v) is 0.986. The van der Waals surface area contributed by atoms with E-state index in [2.05, 4.69) is 9.47 Å². The van der Waals surface area contributed by atoms with Crippen LogP contribution >= 0.6 is 0 Å². The van der Waals surface area contributed by atoms with Gasteiger partial charge in [-0.1, -0.05) is 0 Å². The summed E-state index contributed by atoms with van der Waals surface area (Å²) < 4.78 is 45.6. The van der Waals surface area contributed by atoms with E-state index in [0.717, 1.165) is 7.11 Å². The Morgan fingerprint density at radius 2 is 1.95 bits per heavy atom. The molecule has 0 saturated carbocycles. The molecule has 10 heteroatoms. The van der Waals surface area contributed by atoms with Gasteiger partial charge < -0.3 is 9.47 Å². The number of carbonyl (C=O) groups excluding carboxylic acids is 2. The molecule has 0 aromatic heterocycles. The van der Waals surface area contributed by atoms with E-state index in [1.54, 1.807) is 0 Å². The van der Waals surface area contributed by atoms with Gasteiger partial charge in [0, 0.05) is 6.08 Å². The second kappa shape index (κ2) is 7.48. The lowest BCUT2D eigenvalue weighted by Gasteiger charge is -2.21. The zero-order valence-electron chi connectivity index (χ0n) is 10.8. The van der Waals surface area contributed by atoms with Crippen molar-refractivity contribution in [2.45, 2.75) is 13.1 Å². The number of carbonyl (C=O) groups is 2. The van der Waals surface area contributed by atoms with Crippen molar-refractivity contribution < 1.29 is 32.2 Å². The molecule has 7 nitrogen and oxygen atoms in total. The summed E-state index contributed by atoms with van der Waals surface area (Å²) in [5, 5.41) is 6.80. The highest BCUT2D eigenvalue weighted by Crippen LogP contribution is 2.17. The number of nitrogens with two attached hydrogens (primary N) is 1. The predicted octanol–water partition coefficient (Wildman–Crippen LogP) is 0.364. The summed E-state index contributed by atoms with van der Waals surface area (Å²) in [5.74, 6) is 0.624. The molecular weight excluding hydrogens is 283 g/mol. The van der Waals surface area contributed by atoms with E-state index in [1.165, 1.54) is 6.92 Å². The van der Waals surface area contributed by atoms with Crippen molar-refractivity contribution in [1.82, 2.24) is 5.01 Å². The molecule has 0 radical (unpaired) electrons. The van der Waals surface area contributed by atoms with E-state index in [9.17, 15) is 22.8 Å². The van der Waals surface area contributed by atoms with Crippen molar-refractivity contribution in [1.29, 1.82) is 5.41 Å². The molecule has 0 heterocycles. The number of methoxy groups -OCH3 is 1. The topological polar surface area (TPSA) is 106 Å². The molecule has 0 aliphatic carbocycles. The number of hydrogen-bond donors (Lipinski definition) is 2. The van der Waals surface area contributed by atoms with Crippen LogP contribution in [0.3, 0.4) is 0 Å². The molecule has 0 atom stereocenters. The lowest BCUT2D eigenvalue weighted by Crippen LogP contribution is -2.46. The summed E-state index contributed by atoms with van der Waals surface area (Å²) in [7, 11) is 1.08. The highest BCUT2D eigenvalue weighted by atomic mass is 19.4. The Bertz CT molecular complexity index is 420. The van der Waals surface area contributed by atoms with Crippen molar-refractivity contribution in [2.75, 3.05) is 20.3 Å². The third kappa shape index (κ3) is 5.69. The maximum absolute atomic E-state index is 12.2. The van der Waals surface area contributed by atoms with Gasteiger partial charge >= 0.3 is 12.1 Å². The summed E-state index contributed by atoms with van der Waals surface area (Å²) in [6, 6.07) is 0. The SMILES string of the molecule is CCOC(=O)C(=O)/C=C(\CN(N)C(=N)C(F)(F)F)OC. The Morgan fingerprint density at radius 1 is 1.40 bits per heavy atom. The number of esters is 1. The minimum absolute atomic E-state index is 0.0253. The number of ketones is 1. The summed E-state index contributed by atoms with van der Waals surface area (Å²) in [4.78, 5) is 22.3. The predicted molar refractivity (Wildman–Crippen MR) is 61.4 cm³/mol. The number of alkyl halides is 3. The van der Waals surface area contributed by atoms with Crippen molar-refractivity contribution in [3.8, 4) is 0 Å². The standard InChI is InChI=1S/C10H14F3N3O4/c1-3-20-8(18)7(17)4-6(19-2)5-16(15)9(14)10(11,12)13/h4,14H,3,5,15H2,1-2H3/b6-4+,14-9?. The van der Waals surface area contributed by atoms with Crippen molar-refractivity contribution in [3.63, 3.8) is 0 Å². The van der Waals surface area contributed by atoms with Crippen LogP contribution in [-0.2, 0) is 19.1 Å². The summed E-state index contributed by atoms with van der Waals surface area (Å²) in [6.07, 6.45) is -4.28. The maximum atomic E-state index is 12.2. The normalized spacial score (nSPS) is 11.8. The maximum Gasteiger partial charge on any atom is 0.450 e. The molecule has 0 bridgehead atoms. The van der Waals surface area contributed by atoms with Crippen molar-refractivity contribution in [2.24, 2.45) is 5.84 Å². The summed E-state index contributed by atoms with van der Waals surface area (Å²) in [6.45, 7) is 0.751. The first-order chi connectivity index (χ1) is 9.13. The van der Waals surface area contributed by atoms with Gasteiger partial charge in [-0.05, 0) is 6.92 Å². The van der Waals surface area contributed by atoms with Gasteiger partial charge in [-0.2, -0.15) is 13.2 Å². The average Bonchev–Trinajstić information content (AvgIpc) is 2.35. The lowest BCUT2D eigenvalue weighted by molar-refractivity contribution is -0.151. The van der Waals surface area contributed by atoms with E-state index in [0.29, 0.717) is 6.08 Å². The number of rotatable bonds is 6. The molecule has 3 N–H and O–H groups in total. The van der Waals surface area contributed by atoms with E-state index in [1.807, 2.05) is 0 Å². The molecule has 0 aliphatic heterocycles. The highest BCUT2D eigenvalue weighted by molar-refractivity contribution is 6.38. The Labute approximate surface area is 112 Å². The largest absolute Gasteiger partial charge is 0.499 e. The molecule has 0 spiro atoms. The molecule has 20 heavy (non-hydrogen) atoms. The van der Waals surface area contributed by atoms with E-state index < -0.39 is 30.3 Å². The fraction of sp³-hybridized carbons (Fsp3) is 0.500. The Morgan fingerprint density at radius 3 is 2.35 bits per heavy atom. The van der Waals surface area contributed by atoms with Crippen LogP contribution in [0.15, 0.2) is 11.8 Å². The van der Waals surface area contributed by atoms with Gasteiger partial charge in [0.25, 0.3) is 5.78 Å². The van der Waals surface area contributed by atoms with Crippen LogP contribution in [0, 0.1) is 5.41 Å². The number of hydrogen-bond acceptors (Lipinski definition) is 6. The molecule has 0 unspecified atom stereocenters. The number of amidine groups is 1. The molecular formula is C10H14F3N3O4. The van der Waals surface area contributed by atoms with Gasteiger partial charge in [0.2, 0.25) is 5.84 Å². The molecule has 0 fully saturated rings. The lowest BCUT2D eigenvalue weighted by atomic mass is 10.3. The fourth-order valence-electron chi connectivity index (χ4n) is 0.986. The second-order valence-corrected chi connectivity index (χ2v) is 3.37. The first-order valence-electron chi connectivity index (χ1n) is 5.27. The number of ether oxygens (including phenoxy) is 2. The highest BCUT2D eigenvalue weighted by Gasteiger charge is 2.38. The molecule has 0 aliphatic rings. The Hall–Kier alpha value is -2.10. The molecule has 0 amide bonds. The Kier molecular flexibility index (Phi) is 6.69. The quantitative estimate of drug-likeness (QED) is 0.107. The van der Waals surface area contributed by atoms with Crippen LogP contribution in [0.5, 0.6) is 0 Å². The average molecular weight is 297 g/mol. The van der Waals surface area contributed by atoms with Gasteiger partial charge in [0.1, 0.15) is 5.76 Å². The third-order valence-electron chi connectivity index (χ3n) is 1.91. The van der Waals surface area contributed by atoms with Crippen LogP contribution in [0.25, 0.3) is 0 Å². The molecule has 0 aromatic rings. The van der Waals surface area contributed by atoms with E-state index in [4.69, 9.17) is 11.3 Å². The zero-order chi connectivity index (χ0) is 15.9. The van der Waals surface area contributed by atoms with Crippen LogP contribution in [-0.4, -0.2) is 49.0 Å². The Balaban J connectivity index is 4.82. The van der Waals surface area contributed by atoms with Crippen molar-refractivity contribution >= 4 is 17.6 Å². The van der Waals surface area contributed by atoms with E-state index in [-0.39, 0.29) is 17.4 Å². The van der Waals surface area contributed by atoms with E-state index >= 15 is 0 Å². The second-order valence-electron chi connectivity index (χ2n) is 3.37. The third-order valence-corrected chi connectivity index (χ3v) is 1.91. The smallest absolute Gasteiger partial charge is 0.450 e. The number of nitrogens with zero attached hydrogens (tertiary/aromatic N) is 1. The number of halogens is 3. The van der Waals surface area contributed by atoms with Crippen LogP contribution in [0.1, 0.15) is 6.92 Å². The summed E-state index contributed by atoms with van der Waals surface area (Å²) >= 11 is 0. The monoisotopic (exact) mass is 297 g/mol. The first kappa shape index (κ1) is 17.9. The number of nitrogens with one attached hydrogen (secondary N) is 1.